The SMILES string of the molecule is c1ccc2cc3c(cc2c1)oc1ccc(-c2ccc4c5ccccc5c5c6ccccc6c6ccccc6c5c4c2)cc13. The van der Waals surface area contributed by atoms with Gasteiger partial charge in [0.2, 0.25) is 0 Å². The maximum absolute atomic E-state index is 6.32. The zero-order chi connectivity index (χ0) is 28.1. The molecule has 0 atom stereocenters. The van der Waals surface area contributed by atoms with Gasteiger partial charge in [-0.2, -0.15) is 0 Å². The summed E-state index contributed by atoms with van der Waals surface area (Å²) >= 11 is 0. The molecule has 0 aliphatic rings. The van der Waals surface area contributed by atoms with E-state index < -0.39 is 0 Å². The summed E-state index contributed by atoms with van der Waals surface area (Å²) in [6, 6.07) is 53.2. The Bertz CT molecular complexity index is 2760. The van der Waals surface area contributed by atoms with Crippen molar-refractivity contribution in [2.45, 2.75) is 0 Å². The van der Waals surface area contributed by atoms with Crippen LogP contribution in [0, 0.1) is 0 Å². The van der Waals surface area contributed by atoms with Crippen molar-refractivity contribution in [1.29, 1.82) is 0 Å². The Morgan fingerprint density at radius 3 is 1.35 bits per heavy atom. The highest BCUT2D eigenvalue weighted by molar-refractivity contribution is 6.39. The maximum Gasteiger partial charge on any atom is 0.136 e. The number of rotatable bonds is 1. The second-order valence-corrected chi connectivity index (χ2v) is 11.7. The molecule has 198 valence electrons. The van der Waals surface area contributed by atoms with E-state index in [0.717, 1.165) is 21.9 Å². The third-order valence-corrected chi connectivity index (χ3v) is 9.38. The van der Waals surface area contributed by atoms with Crippen LogP contribution in [0.15, 0.2) is 150 Å². The Kier molecular flexibility index (Phi) is 4.51. The molecule has 0 radical (unpaired) electrons. The van der Waals surface area contributed by atoms with Crippen LogP contribution in [-0.4, -0.2) is 0 Å². The summed E-state index contributed by atoms with van der Waals surface area (Å²) in [5, 5.41) is 17.8. The fourth-order valence-electron chi connectivity index (χ4n) is 7.44. The molecule has 43 heavy (non-hydrogen) atoms. The lowest BCUT2D eigenvalue weighted by Gasteiger charge is -2.17. The second kappa shape index (κ2) is 8.44. The number of fused-ring (bicyclic) bond motifs is 15. The minimum atomic E-state index is 0.920. The first kappa shape index (κ1) is 23.0. The Hall–Kier alpha value is -5.66. The van der Waals surface area contributed by atoms with Gasteiger partial charge in [0.1, 0.15) is 11.2 Å². The molecule has 10 rings (SSSR count). The van der Waals surface area contributed by atoms with Gasteiger partial charge in [-0.05, 0) is 106 Å². The van der Waals surface area contributed by atoms with Crippen molar-refractivity contribution in [2.24, 2.45) is 0 Å². The van der Waals surface area contributed by atoms with E-state index in [0.29, 0.717) is 0 Å². The predicted octanol–water partition coefficient (Wildman–Crippen LogP) is 12.2. The molecular formula is C42H24O. The number of benzene rings is 9. The minimum absolute atomic E-state index is 0.920. The lowest BCUT2D eigenvalue weighted by molar-refractivity contribution is 0.669. The van der Waals surface area contributed by atoms with Gasteiger partial charge in [-0.1, -0.05) is 115 Å². The summed E-state index contributed by atoms with van der Waals surface area (Å²) in [4.78, 5) is 0. The van der Waals surface area contributed by atoms with Gasteiger partial charge < -0.3 is 4.42 Å². The van der Waals surface area contributed by atoms with Gasteiger partial charge in [0, 0.05) is 10.8 Å². The summed E-state index contributed by atoms with van der Waals surface area (Å²) in [5.74, 6) is 0. The molecule has 0 unspecified atom stereocenters. The Labute approximate surface area is 247 Å². The summed E-state index contributed by atoms with van der Waals surface area (Å²) < 4.78 is 6.32. The van der Waals surface area contributed by atoms with Crippen LogP contribution in [-0.2, 0) is 0 Å². The van der Waals surface area contributed by atoms with Crippen molar-refractivity contribution in [3.8, 4) is 11.1 Å². The molecule has 0 spiro atoms. The molecule has 0 saturated heterocycles. The normalized spacial score (nSPS) is 12.2. The van der Waals surface area contributed by atoms with Gasteiger partial charge in [-0.3, -0.25) is 0 Å². The first-order valence-electron chi connectivity index (χ1n) is 14.8. The quantitative estimate of drug-likeness (QED) is 0.187. The highest BCUT2D eigenvalue weighted by Crippen LogP contribution is 2.45. The molecule has 0 amide bonds. The monoisotopic (exact) mass is 544 g/mol. The van der Waals surface area contributed by atoms with Gasteiger partial charge in [-0.25, -0.2) is 0 Å². The van der Waals surface area contributed by atoms with Crippen LogP contribution >= 0.6 is 0 Å². The number of furan rings is 1. The zero-order valence-corrected chi connectivity index (χ0v) is 23.3. The Balaban J connectivity index is 1.33. The van der Waals surface area contributed by atoms with Crippen molar-refractivity contribution in [3.63, 3.8) is 0 Å². The van der Waals surface area contributed by atoms with E-state index in [-0.39, 0.29) is 0 Å². The molecule has 10 aromatic rings. The molecule has 1 aromatic heterocycles. The molecule has 1 heterocycles. The molecule has 1 nitrogen and oxygen atoms in total. The molecule has 0 N–H and O–H groups in total. The third-order valence-electron chi connectivity index (χ3n) is 9.38. The average molecular weight is 545 g/mol. The van der Waals surface area contributed by atoms with Crippen molar-refractivity contribution in [1.82, 2.24) is 0 Å². The van der Waals surface area contributed by atoms with E-state index >= 15 is 0 Å². The van der Waals surface area contributed by atoms with E-state index in [1.54, 1.807) is 0 Å². The molecule has 0 aliphatic carbocycles. The lowest BCUT2D eigenvalue weighted by Crippen LogP contribution is -1.89. The van der Waals surface area contributed by atoms with Crippen molar-refractivity contribution >= 4 is 86.6 Å². The molecule has 0 aliphatic heterocycles. The summed E-state index contributed by atoms with van der Waals surface area (Å²) in [6.07, 6.45) is 0. The Morgan fingerprint density at radius 1 is 0.279 bits per heavy atom. The zero-order valence-electron chi connectivity index (χ0n) is 23.3. The summed E-state index contributed by atoms with van der Waals surface area (Å²) in [6.45, 7) is 0. The number of hydrogen-bond acceptors (Lipinski definition) is 1. The van der Waals surface area contributed by atoms with Gasteiger partial charge in [0.05, 0.1) is 0 Å². The molecule has 0 saturated carbocycles. The van der Waals surface area contributed by atoms with E-state index in [9.17, 15) is 0 Å². The molecular weight excluding hydrogens is 520 g/mol. The highest BCUT2D eigenvalue weighted by Gasteiger charge is 2.17. The van der Waals surface area contributed by atoms with Gasteiger partial charge in [-0.15, -0.1) is 0 Å². The van der Waals surface area contributed by atoms with Crippen molar-refractivity contribution in [3.05, 3.63) is 146 Å². The van der Waals surface area contributed by atoms with Crippen LogP contribution in [0.25, 0.3) is 97.7 Å². The minimum Gasteiger partial charge on any atom is -0.456 e. The van der Waals surface area contributed by atoms with Crippen molar-refractivity contribution in [2.75, 3.05) is 0 Å². The van der Waals surface area contributed by atoms with E-state index in [1.165, 1.54) is 75.8 Å². The van der Waals surface area contributed by atoms with Crippen LogP contribution in [0.2, 0.25) is 0 Å². The summed E-state index contributed by atoms with van der Waals surface area (Å²) in [7, 11) is 0. The largest absolute Gasteiger partial charge is 0.456 e. The number of hydrogen-bond donors (Lipinski definition) is 0. The van der Waals surface area contributed by atoms with Crippen molar-refractivity contribution < 1.29 is 4.42 Å². The second-order valence-electron chi connectivity index (χ2n) is 11.7. The summed E-state index contributed by atoms with van der Waals surface area (Å²) in [5.41, 5.74) is 4.25. The Morgan fingerprint density at radius 2 is 0.721 bits per heavy atom. The first-order chi connectivity index (χ1) is 21.3. The highest BCUT2D eigenvalue weighted by atomic mass is 16.3. The van der Waals surface area contributed by atoms with E-state index in [1.807, 2.05) is 0 Å². The van der Waals surface area contributed by atoms with Crippen LogP contribution in [0.4, 0.5) is 0 Å². The van der Waals surface area contributed by atoms with Crippen LogP contribution < -0.4 is 0 Å². The molecule has 1 heteroatoms. The third kappa shape index (κ3) is 3.17. The smallest absolute Gasteiger partial charge is 0.136 e. The molecule has 9 aromatic carbocycles. The van der Waals surface area contributed by atoms with Gasteiger partial charge >= 0.3 is 0 Å². The predicted molar refractivity (Wildman–Crippen MR) is 184 cm³/mol. The van der Waals surface area contributed by atoms with Gasteiger partial charge in [0.25, 0.3) is 0 Å². The van der Waals surface area contributed by atoms with E-state index in [2.05, 4.69) is 146 Å². The topological polar surface area (TPSA) is 13.1 Å². The lowest BCUT2D eigenvalue weighted by atomic mass is 9.86. The van der Waals surface area contributed by atoms with Crippen LogP contribution in [0.3, 0.4) is 0 Å². The average Bonchev–Trinajstić information content (AvgIpc) is 3.43. The van der Waals surface area contributed by atoms with E-state index in [4.69, 9.17) is 4.42 Å². The molecule has 0 fully saturated rings. The standard InChI is InChI=1S/C42H24O/c1-2-10-26-24-40-37(21-25(26)9-1)36-22-28(18-20-39(36)43-40)27-17-19-32-31-13-5-7-15-34(31)41-33-14-6-3-11-29(33)30-12-4-8-16-35(30)42(41)38(32)23-27/h1-24H. The first-order valence-corrected chi connectivity index (χ1v) is 14.8. The van der Waals surface area contributed by atoms with Crippen LogP contribution in [0.5, 0.6) is 0 Å². The fourth-order valence-corrected chi connectivity index (χ4v) is 7.44. The maximum atomic E-state index is 6.32. The van der Waals surface area contributed by atoms with Gasteiger partial charge in [0.15, 0.2) is 0 Å². The fraction of sp³-hybridized carbons (Fsp3) is 0. The molecule has 0 bridgehead atoms. The van der Waals surface area contributed by atoms with Crippen LogP contribution in [0.1, 0.15) is 0 Å².